The smallest absolute Gasteiger partial charge is 0.321 e. The van der Waals surface area contributed by atoms with E-state index in [1.807, 2.05) is 43.3 Å². The van der Waals surface area contributed by atoms with Crippen LogP contribution in [0.3, 0.4) is 0 Å². The highest BCUT2D eigenvalue weighted by atomic mass is 16.3. The highest BCUT2D eigenvalue weighted by Gasteiger charge is 2.34. The van der Waals surface area contributed by atoms with E-state index in [0.717, 1.165) is 23.2 Å². The zero-order chi connectivity index (χ0) is 17.8. The summed E-state index contributed by atoms with van der Waals surface area (Å²) < 4.78 is 0. The number of aliphatic hydroxyl groups is 1. The summed E-state index contributed by atoms with van der Waals surface area (Å²) in [7, 11) is 0. The van der Waals surface area contributed by atoms with E-state index in [-0.39, 0.29) is 11.9 Å². The normalized spacial score (nSPS) is 19.9. The molecule has 2 amide bonds. The molecule has 5 nitrogen and oxygen atoms in total. The molecule has 4 N–H and O–H groups in total. The Bertz CT molecular complexity index is 733. The summed E-state index contributed by atoms with van der Waals surface area (Å²) in [5, 5.41) is 13.2. The molecule has 0 aromatic heterocycles. The van der Waals surface area contributed by atoms with Gasteiger partial charge in [0.25, 0.3) is 0 Å². The first-order chi connectivity index (χ1) is 12.0. The third kappa shape index (κ3) is 4.38. The lowest BCUT2D eigenvalue weighted by Crippen LogP contribution is -2.33. The number of anilines is 1. The summed E-state index contributed by atoms with van der Waals surface area (Å²) in [5.41, 5.74) is 9.66. The molecule has 0 unspecified atom stereocenters. The Hall–Kier alpha value is -2.37. The molecule has 0 aliphatic carbocycles. The number of carbonyl (C=O) groups excluding carboxylic acids is 1. The van der Waals surface area contributed by atoms with Gasteiger partial charge in [-0.2, -0.15) is 0 Å². The van der Waals surface area contributed by atoms with E-state index in [4.69, 9.17) is 5.73 Å². The van der Waals surface area contributed by atoms with E-state index in [9.17, 15) is 9.90 Å². The molecular weight excluding hydrogens is 314 g/mol. The number of nitrogens with zero attached hydrogens (tertiary/aromatic N) is 1. The van der Waals surface area contributed by atoms with Crippen LogP contribution in [-0.4, -0.2) is 35.2 Å². The van der Waals surface area contributed by atoms with E-state index in [1.54, 1.807) is 4.90 Å². The lowest BCUT2D eigenvalue weighted by molar-refractivity contribution is 0.143. The average molecular weight is 339 g/mol. The molecule has 1 saturated heterocycles. The number of nitrogens with one attached hydrogen (secondary N) is 1. The first kappa shape index (κ1) is 17.5. The van der Waals surface area contributed by atoms with Crippen molar-refractivity contribution < 1.29 is 9.90 Å². The zero-order valence-corrected chi connectivity index (χ0v) is 14.5. The lowest BCUT2D eigenvalue weighted by Gasteiger charge is -2.18. The summed E-state index contributed by atoms with van der Waals surface area (Å²) in [5.74, 6) is 0.0604. The van der Waals surface area contributed by atoms with Crippen LogP contribution in [0.1, 0.15) is 16.7 Å². The highest BCUT2D eigenvalue weighted by molar-refractivity contribution is 5.89. The van der Waals surface area contributed by atoms with E-state index < -0.39 is 6.10 Å². The van der Waals surface area contributed by atoms with Gasteiger partial charge in [-0.15, -0.1) is 0 Å². The van der Waals surface area contributed by atoms with Crippen LogP contribution in [0.15, 0.2) is 48.5 Å². The molecular formula is C20H25N3O2. The van der Waals surface area contributed by atoms with Gasteiger partial charge in [0, 0.05) is 31.2 Å². The number of rotatable bonds is 4. The van der Waals surface area contributed by atoms with E-state index >= 15 is 0 Å². The summed E-state index contributed by atoms with van der Waals surface area (Å²) in [6.45, 7) is 3.33. The topological polar surface area (TPSA) is 78.6 Å². The Morgan fingerprint density at radius 3 is 2.68 bits per heavy atom. The molecule has 2 aromatic rings. The maximum Gasteiger partial charge on any atom is 0.321 e. The molecule has 1 aliphatic heterocycles. The number of benzene rings is 2. The van der Waals surface area contributed by atoms with Crippen molar-refractivity contribution in [3.8, 4) is 0 Å². The van der Waals surface area contributed by atoms with Gasteiger partial charge >= 0.3 is 6.03 Å². The number of hydrogen-bond acceptors (Lipinski definition) is 3. The number of aryl methyl sites for hydroxylation is 1. The molecule has 1 aliphatic rings. The van der Waals surface area contributed by atoms with Gasteiger partial charge in [0.2, 0.25) is 0 Å². The molecule has 1 heterocycles. The van der Waals surface area contributed by atoms with Crippen LogP contribution in [0, 0.1) is 12.8 Å². The number of likely N-dealkylation sites (tertiary alicyclic amines) is 1. The average Bonchev–Trinajstić information content (AvgIpc) is 2.96. The van der Waals surface area contributed by atoms with E-state index in [1.165, 1.54) is 5.56 Å². The van der Waals surface area contributed by atoms with Crippen molar-refractivity contribution >= 4 is 11.7 Å². The number of urea groups is 1. The van der Waals surface area contributed by atoms with Gasteiger partial charge < -0.3 is 21.1 Å². The fraction of sp³-hybridized carbons (Fsp3) is 0.350. The van der Waals surface area contributed by atoms with Crippen molar-refractivity contribution in [1.29, 1.82) is 0 Å². The van der Waals surface area contributed by atoms with E-state index in [0.29, 0.717) is 19.6 Å². The zero-order valence-electron chi connectivity index (χ0n) is 14.5. The van der Waals surface area contributed by atoms with Crippen LogP contribution in [0.25, 0.3) is 0 Å². The Morgan fingerprint density at radius 2 is 1.96 bits per heavy atom. The van der Waals surface area contributed by atoms with Crippen molar-refractivity contribution in [2.75, 3.05) is 18.4 Å². The highest BCUT2D eigenvalue weighted by Crippen LogP contribution is 2.23. The quantitative estimate of drug-likeness (QED) is 0.801. The number of aliphatic hydroxyl groups excluding tert-OH is 1. The number of nitrogens with two attached hydrogens (primary N) is 1. The molecule has 132 valence electrons. The Balaban J connectivity index is 1.62. The lowest BCUT2D eigenvalue weighted by atomic mass is 9.97. The molecule has 0 radical (unpaired) electrons. The Kier molecular flexibility index (Phi) is 5.36. The first-order valence-corrected chi connectivity index (χ1v) is 8.63. The largest absolute Gasteiger partial charge is 0.391 e. The summed E-state index contributed by atoms with van der Waals surface area (Å²) in [4.78, 5) is 14.2. The molecule has 3 rings (SSSR count). The SMILES string of the molecule is Cc1cc(CN)cc(NC(=O)N2C[C@@H](Cc3ccccc3)[C@H](O)C2)c1. The molecule has 0 spiro atoms. The van der Waals surface area contributed by atoms with Gasteiger partial charge in [-0.1, -0.05) is 36.4 Å². The maximum atomic E-state index is 12.5. The molecule has 5 heteroatoms. The van der Waals surface area contributed by atoms with Gasteiger partial charge in [0.1, 0.15) is 0 Å². The van der Waals surface area contributed by atoms with Gasteiger partial charge in [-0.3, -0.25) is 0 Å². The number of amides is 2. The van der Waals surface area contributed by atoms with Crippen molar-refractivity contribution in [3.63, 3.8) is 0 Å². The van der Waals surface area contributed by atoms with Crippen LogP contribution >= 0.6 is 0 Å². The predicted molar refractivity (Wildman–Crippen MR) is 99.3 cm³/mol. The van der Waals surface area contributed by atoms with Crippen LogP contribution in [0.4, 0.5) is 10.5 Å². The number of hydrogen-bond donors (Lipinski definition) is 3. The minimum Gasteiger partial charge on any atom is -0.391 e. The Labute approximate surface area is 148 Å². The molecule has 1 fully saturated rings. The minimum absolute atomic E-state index is 0.0604. The third-order valence-electron chi connectivity index (χ3n) is 4.66. The third-order valence-corrected chi connectivity index (χ3v) is 4.66. The van der Waals surface area contributed by atoms with Gasteiger partial charge in [0.05, 0.1) is 6.10 Å². The van der Waals surface area contributed by atoms with Gasteiger partial charge in [0.15, 0.2) is 0 Å². The second-order valence-corrected chi connectivity index (χ2v) is 6.76. The fourth-order valence-corrected chi connectivity index (χ4v) is 3.39. The standard InChI is InChI=1S/C20H25N3O2/c1-14-7-16(11-21)10-18(8-14)22-20(25)23-12-17(19(24)13-23)9-15-5-3-2-4-6-15/h2-8,10,17,19,24H,9,11-13,21H2,1H3,(H,22,25)/t17-,19-/m1/s1. The number of β-amino-alcohol motifs (C(OH)–C–C–N with tert-alkyl or cyclic N) is 1. The predicted octanol–water partition coefficient (Wildman–Crippen LogP) is 2.52. The van der Waals surface area contributed by atoms with Crippen LogP contribution in [-0.2, 0) is 13.0 Å². The summed E-state index contributed by atoms with van der Waals surface area (Å²) in [6.07, 6.45) is 0.274. The summed E-state index contributed by atoms with van der Waals surface area (Å²) in [6, 6.07) is 15.7. The van der Waals surface area contributed by atoms with Crippen LogP contribution in [0.5, 0.6) is 0 Å². The maximum absolute atomic E-state index is 12.5. The van der Waals surface area contributed by atoms with Crippen molar-refractivity contribution in [2.45, 2.75) is 26.0 Å². The number of carbonyl (C=O) groups is 1. The van der Waals surface area contributed by atoms with Crippen molar-refractivity contribution in [1.82, 2.24) is 4.90 Å². The molecule has 25 heavy (non-hydrogen) atoms. The van der Waals surface area contributed by atoms with Crippen molar-refractivity contribution in [3.05, 3.63) is 65.2 Å². The van der Waals surface area contributed by atoms with Crippen molar-refractivity contribution in [2.24, 2.45) is 11.7 Å². The van der Waals surface area contributed by atoms with E-state index in [2.05, 4.69) is 17.4 Å². The van der Waals surface area contributed by atoms with Gasteiger partial charge in [-0.05, 0) is 42.2 Å². The molecule has 2 atom stereocenters. The van der Waals surface area contributed by atoms with Gasteiger partial charge in [-0.25, -0.2) is 4.79 Å². The van der Waals surface area contributed by atoms with Crippen LogP contribution < -0.4 is 11.1 Å². The first-order valence-electron chi connectivity index (χ1n) is 8.63. The monoisotopic (exact) mass is 339 g/mol. The summed E-state index contributed by atoms with van der Waals surface area (Å²) >= 11 is 0. The Morgan fingerprint density at radius 1 is 1.20 bits per heavy atom. The van der Waals surface area contributed by atoms with Crippen LogP contribution in [0.2, 0.25) is 0 Å². The molecule has 2 aromatic carbocycles. The second-order valence-electron chi connectivity index (χ2n) is 6.76. The molecule has 0 saturated carbocycles. The minimum atomic E-state index is -0.497. The second kappa shape index (κ2) is 7.68. The molecule has 0 bridgehead atoms. The fourth-order valence-electron chi connectivity index (χ4n) is 3.39.